The summed E-state index contributed by atoms with van der Waals surface area (Å²) in [4.78, 5) is 37.4. The number of carbonyl (C=O) groups excluding carboxylic acids is 2. The summed E-state index contributed by atoms with van der Waals surface area (Å²) in [7, 11) is -6.60. The van der Waals surface area contributed by atoms with E-state index < -0.39 is 20.0 Å². The lowest BCUT2D eigenvalue weighted by molar-refractivity contribution is -0.123. The lowest BCUT2D eigenvalue weighted by Crippen LogP contribution is -2.40. The van der Waals surface area contributed by atoms with Crippen molar-refractivity contribution in [3.63, 3.8) is 0 Å². The van der Waals surface area contributed by atoms with Crippen LogP contribution < -0.4 is 10.2 Å². The summed E-state index contributed by atoms with van der Waals surface area (Å²) in [6.45, 7) is 9.25. The number of fused-ring (bicyclic) bond motifs is 2. The smallest absolute Gasteiger partial charge is 0.227 e. The Balaban J connectivity index is 0.000000170. The minimum absolute atomic E-state index is 0.0196. The van der Waals surface area contributed by atoms with Crippen LogP contribution in [0.4, 0.5) is 5.69 Å². The number of aromatic nitrogens is 6. The van der Waals surface area contributed by atoms with E-state index in [2.05, 4.69) is 24.8 Å². The number of rotatable bonds is 9. The summed E-state index contributed by atoms with van der Waals surface area (Å²) in [5.41, 5.74) is 9.46. The normalized spacial score (nSPS) is 21.5. The monoisotopic (exact) mass is 1060 g/mol. The topological polar surface area (TPSA) is 212 Å². The van der Waals surface area contributed by atoms with Gasteiger partial charge in [-0.2, -0.15) is 0 Å². The number of aryl methyl sites for hydroxylation is 4. The van der Waals surface area contributed by atoms with E-state index >= 15 is 0 Å². The fourth-order valence-corrected chi connectivity index (χ4v) is 13.2. The van der Waals surface area contributed by atoms with Gasteiger partial charge in [0.1, 0.15) is 23.2 Å². The molecular weight excluding hydrogens is 1000 g/mol. The molecule has 72 heavy (non-hydrogen) atoms. The van der Waals surface area contributed by atoms with Gasteiger partial charge in [0.2, 0.25) is 31.9 Å². The fraction of sp³-hybridized carbons (Fsp3) is 0.440. The highest BCUT2D eigenvalue weighted by Crippen LogP contribution is 2.43. The standard InChI is InChI=1S/C28H29Cl2N5O4S.C22H27N5O4S/c1-16-27(17(2)39-32-16)18-7-10-24-23(13-18)31-28(35(24)20-11-12-33(15-20)40(3,37)38)25-5-4-6-26(36)34(25)19-8-9-21(29)22(30)14-19;1-13-21(14(2)31-25-13)15-7-8-19-18(11-15)24-22(17-5-4-6-20(28)23-17)27(19)16-9-10-26(12-16)32(3,29)30/h7-10,13-14,20,25H,4-6,11-12,15H2,1-3H3;7-8,11,16-17H,4-6,9-10,12H2,1-3H3,(H,23,28)/t20-,25+;16-,17+/m11/s1. The molecule has 4 aliphatic rings. The number of benzene rings is 3. The summed E-state index contributed by atoms with van der Waals surface area (Å²) in [6.07, 6.45) is 7.82. The highest BCUT2D eigenvalue weighted by Gasteiger charge is 2.39. The molecule has 0 aliphatic carbocycles. The van der Waals surface area contributed by atoms with Crippen LogP contribution in [0.25, 0.3) is 44.3 Å². The summed E-state index contributed by atoms with van der Waals surface area (Å²) < 4.78 is 67.1. The predicted octanol–water partition coefficient (Wildman–Crippen LogP) is 8.94. The zero-order chi connectivity index (χ0) is 51.0. The zero-order valence-corrected chi connectivity index (χ0v) is 44.0. The summed E-state index contributed by atoms with van der Waals surface area (Å²) in [6, 6.07) is 16.6. The van der Waals surface area contributed by atoms with Crippen molar-refractivity contribution < 1.29 is 35.5 Å². The highest BCUT2D eigenvalue weighted by molar-refractivity contribution is 7.88. The molecule has 4 aromatic heterocycles. The van der Waals surface area contributed by atoms with Crippen LogP contribution in [0.15, 0.2) is 63.6 Å². The maximum atomic E-state index is 13.4. The number of imidazole rings is 2. The predicted molar refractivity (Wildman–Crippen MR) is 275 cm³/mol. The molecule has 7 aromatic rings. The van der Waals surface area contributed by atoms with E-state index in [1.807, 2.05) is 64.1 Å². The third kappa shape index (κ3) is 9.45. The Kier molecular flexibility index (Phi) is 13.4. The molecule has 11 rings (SSSR count). The molecule has 380 valence electrons. The van der Waals surface area contributed by atoms with E-state index in [-0.39, 0.29) is 36.0 Å². The van der Waals surface area contributed by atoms with Crippen LogP contribution in [-0.4, -0.2) is 105 Å². The molecule has 3 aromatic carbocycles. The van der Waals surface area contributed by atoms with Gasteiger partial charge in [0.25, 0.3) is 0 Å². The minimum Gasteiger partial charge on any atom is -0.361 e. The molecule has 4 aliphatic heterocycles. The summed E-state index contributed by atoms with van der Waals surface area (Å²) in [5.74, 6) is 3.00. The molecule has 4 saturated heterocycles. The van der Waals surface area contributed by atoms with E-state index in [1.54, 1.807) is 23.1 Å². The van der Waals surface area contributed by atoms with Gasteiger partial charge in [-0.25, -0.2) is 35.4 Å². The fourth-order valence-electron chi connectivity index (χ4n) is 11.1. The van der Waals surface area contributed by atoms with Gasteiger partial charge >= 0.3 is 0 Å². The summed E-state index contributed by atoms with van der Waals surface area (Å²) in [5, 5.41) is 12.0. The van der Waals surface area contributed by atoms with Crippen molar-refractivity contribution in [2.45, 2.75) is 103 Å². The van der Waals surface area contributed by atoms with Crippen molar-refractivity contribution in [2.75, 3.05) is 43.6 Å². The molecule has 4 atom stereocenters. The SMILES string of the molecule is Cc1noc(C)c1-c1ccc2c(c1)nc([C@@H]1CCCC(=O)N1)n2[C@@H]1CCN(S(C)(=O)=O)C1.Cc1noc(C)c1-c1ccc2c(c1)nc([C@@H]1CCCC(=O)N1c1ccc(Cl)c(Cl)c1)n2[C@@H]1CCN(S(C)(=O)=O)C1. The van der Waals surface area contributed by atoms with E-state index in [0.29, 0.717) is 74.0 Å². The highest BCUT2D eigenvalue weighted by atomic mass is 35.5. The van der Waals surface area contributed by atoms with E-state index in [1.165, 1.54) is 21.1 Å². The third-order valence-corrected chi connectivity index (χ3v) is 17.7. The van der Waals surface area contributed by atoms with Crippen LogP contribution in [0.3, 0.4) is 0 Å². The van der Waals surface area contributed by atoms with Gasteiger partial charge in [0, 0.05) is 55.8 Å². The Morgan fingerprint density at radius 1 is 0.639 bits per heavy atom. The molecule has 0 radical (unpaired) electrons. The second-order valence-electron chi connectivity index (χ2n) is 19.4. The molecule has 2 amide bonds. The van der Waals surface area contributed by atoms with Gasteiger partial charge in [0.05, 0.1) is 80.2 Å². The van der Waals surface area contributed by atoms with E-state index in [9.17, 15) is 26.4 Å². The lowest BCUT2D eigenvalue weighted by atomic mass is 9.99. The number of hydrogen-bond donors (Lipinski definition) is 1. The van der Waals surface area contributed by atoms with Gasteiger partial charge in [-0.05, 0) is 120 Å². The Morgan fingerprint density at radius 2 is 1.17 bits per heavy atom. The number of anilines is 1. The largest absolute Gasteiger partial charge is 0.361 e. The third-order valence-electron chi connectivity index (χ3n) is 14.5. The number of carbonyl (C=O) groups is 2. The average Bonchev–Trinajstić information content (AvgIpc) is 4.20. The number of nitrogens with zero attached hydrogens (tertiary/aromatic N) is 9. The molecular formula is C50H56Cl2N10O8S2. The Hall–Kier alpha value is -5.64. The molecule has 0 bridgehead atoms. The number of amides is 2. The van der Waals surface area contributed by atoms with Crippen LogP contribution in [0.5, 0.6) is 0 Å². The molecule has 8 heterocycles. The van der Waals surface area contributed by atoms with Crippen LogP contribution in [0.1, 0.15) is 110 Å². The second-order valence-corrected chi connectivity index (χ2v) is 24.2. The number of hydrogen-bond acceptors (Lipinski definition) is 12. The second kappa shape index (κ2) is 19.3. The van der Waals surface area contributed by atoms with Crippen LogP contribution in [-0.2, 0) is 29.6 Å². The van der Waals surface area contributed by atoms with Crippen LogP contribution in [0, 0.1) is 27.7 Å². The quantitative estimate of drug-likeness (QED) is 0.144. The van der Waals surface area contributed by atoms with Gasteiger partial charge in [-0.1, -0.05) is 45.6 Å². The molecule has 4 fully saturated rings. The molecule has 0 unspecified atom stereocenters. The van der Waals surface area contributed by atoms with Gasteiger partial charge < -0.3 is 28.4 Å². The van der Waals surface area contributed by atoms with Crippen molar-refractivity contribution in [3.8, 4) is 22.3 Å². The number of halogens is 2. The first-order valence-electron chi connectivity index (χ1n) is 24.1. The molecule has 1 N–H and O–H groups in total. The minimum atomic E-state index is -3.34. The zero-order valence-electron chi connectivity index (χ0n) is 40.9. The number of nitrogens with one attached hydrogen (secondary N) is 1. The van der Waals surface area contributed by atoms with Crippen molar-refractivity contribution in [1.82, 2.24) is 43.3 Å². The molecule has 18 nitrogen and oxygen atoms in total. The molecule has 0 spiro atoms. The Morgan fingerprint density at radius 3 is 1.65 bits per heavy atom. The van der Waals surface area contributed by atoms with Gasteiger partial charge in [-0.3, -0.25) is 9.59 Å². The maximum Gasteiger partial charge on any atom is 0.227 e. The maximum absolute atomic E-state index is 13.4. The Bertz CT molecular complexity index is 3470. The first-order chi connectivity index (χ1) is 34.2. The average molecular weight is 1060 g/mol. The molecule has 0 saturated carbocycles. The Labute approximate surface area is 427 Å². The molecule has 22 heteroatoms. The van der Waals surface area contributed by atoms with Crippen molar-refractivity contribution in [2.24, 2.45) is 0 Å². The first kappa shape index (κ1) is 49.9. The van der Waals surface area contributed by atoms with Crippen LogP contribution in [0.2, 0.25) is 10.0 Å². The number of piperidine rings is 2. The number of sulfonamides is 2. The lowest BCUT2D eigenvalue weighted by Gasteiger charge is -2.36. The van der Waals surface area contributed by atoms with E-state index in [0.717, 1.165) is 98.1 Å². The van der Waals surface area contributed by atoms with E-state index in [4.69, 9.17) is 42.2 Å². The van der Waals surface area contributed by atoms with Crippen molar-refractivity contribution >= 4 is 82.8 Å². The first-order valence-corrected chi connectivity index (χ1v) is 28.6. The van der Waals surface area contributed by atoms with Gasteiger partial charge in [0.15, 0.2) is 0 Å². The summed E-state index contributed by atoms with van der Waals surface area (Å²) >= 11 is 12.5. The van der Waals surface area contributed by atoms with Crippen molar-refractivity contribution in [3.05, 3.63) is 99.2 Å². The van der Waals surface area contributed by atoms with Crippen LogP contribution >= 0.6 is 23.2 Å². The van der Waals surface area contributed by atoms with Crippen molar-refractivity contribution in [1.29, 1.82) is 0 Å². The van der Waals surface area contributed by atoms with Gasteiger partial charge in [-0.15, -0.1) is 0 Å².